The second-order valence-corrected chi connectivity index (χ2v) is 6.04. The van der Waals surface area contributed by atoms with Crippen molar-refractivity contribution in [2.24, 2.45) is 0 Å². The lowest BCUT2D eigenvalue weighted by molar-refractivity contribution is -0.119. The number of nitrogens with one attached hydrogen (secondary N) is 2. The minimum atomic E-state index is -0.441. The number of rotatable bonds is 5. The van der Waals surface area contributed by atoms with Gasteiger partial charge in [0.1, 0.15) is 11.7 Å². The molecule has 3 rings (SSSR count). The summed E-state index contributed by atoms with van der Waals surface area (Å²) in [6, 6.07) is 10.7. The fourth-order valence-corrected chi connectivity index (χ4v) is 3.05. The number of likely N-dealkylation sites (tertiary alicyclic amines) is 1. The normalized spacial score (nSPS) is 17.0. The van der Waals surface area contributed by atoms with Gasteiger partial charge in [0.2, 0.25) is 5.91 Å². The van der Waals surface area contributed by atoms with Crippen molar-refractivity contribution in [3.05, 3.63) is 47.8 Å². The first-order valence-corrected chi connectivity index (χ1v) is 8.40. The number of para-hydroxylation sites is 1. The number of carbonyl (C=O) groups is 2. The van der Waals surface area contributed by atoms with Gasteiger partial charge in [-0.25, -0.2) is 0 Å². The molecule has 2 aromatic rings. The average Bonchev–Trinajstić information content (AvgIpc) is 3.25. The van der Waals surface area contributed by atoms with Crippen LogP contribution < -0.4 is 5.32 Å². The first-order valence-electron chi connectivity index (χ1n) is 8.40. The van der Waals surface area contributed by atoms with E-state index >= 15 is 0 Å². The van der Waals surface area contributed by atoms with Gasteiger partial charge in [0.15, 0.2) is 0 Å². The molecule has 1 fully saturated rings. The molecule has 0 radical (unpaired) electrons. The summed E-state index contributed by atoms with van der Waals surface area (Å²) in [4.78, 5) is 26.9. The molecule has 2 heterocycles. The first-order chi connectivity index (χ1) is 11.7. The number of amides is 2. The van der Waals surface area contributed by atoms with Gasteiger partial charge in [-0.05, 0) is 37.5 Å². The molecule has 1 aliphatic rings. The third-order valence-electron chi connectivity index (χ3n) is 4.23. The van der Waals surface area contributed by atoms with E-state index in [1.807, 2.05) is 30.3 Å². The highest BCUT2D eigenvalue weighted by molar-refractivity contribution is 6.00. The van der Waals surface area contributed by atoms with E-state index in [-0.39, 0.29) is 11.8 Å². The summed E-state index contributed by atoms with van der Waals surface area (Å²) < 4.78 is 0. The molecule has 126 valence electrons. The van der Waals surface area contributed by atoms with Crippen molar-refractivity contribution in [3.8, 4) is 0 Å². The lowest BCUT2D eigenvalue weighted by atomic mass is 10.2. The molecule has 1 aromatic heterocycles. The molecular weight excluding hydrogens is 304 g/mol. The molecular formula is C18H22N4O2. The molecule has 6 heteroatoms. The van der Waals surface area contributed by atoms with Crippen LogP contribution in [0.2, 0.25) is 0 Å². The number of hydrogen-bond acceptors (Lipinski definition) is 3. The molecule has 0 unspecified atom stereocenters. The number of carbonyl (C=O) groups excluding carboxylic acids is 2. The van der Waals surface area contributed by atoms with Gasteiger partial charge in [-0.2, -0.15) is 5.10 Å². The Kier molecular flexibility index (Phi) is 4.93. The van der Waals surface area contributed by atoms with Gasteiger partial charge in [0, 0.05) is 17.9 Å². The van der Waals surface area contributed by atoms with Gasteiger partial charge >= 0.3 is 0 Å². The Morgan fingerprint density at radius 1 is 1.33 bits per heavy atom. The van der Waals surface area contributed by atoms with E-state index in [0.29, 0.717) is 18.7 Å². The zero-order valence-electron chi connectivity index (χ0n) is 13.8. The van der Waals surface area contributed by atoms with E-state index in [1.165, 1.54) is 0 Å². The SMILES string of the molecule is CCCc1cc(C(=O)N2CCC[C@@H]2C(=O)Nc2ccccc2)n[nH]1. The summed E-state index contributed by atoms with van der Waals surface area (Å²) in [7, 11) is 0. The Balaban J connectivity index is 1.70. The van der Waals surface area contributed by atoms with E-state index in [9.17, 15) is 9.59 Å². The van der Waals surface area contributed by atoms with Gasteiger partial charge in [-0.15, -0.1) is 0 Å². The molecule has 2 N–H and O–H groups in total. The van der Waals surface area contributed by atoms with Crippen LogP contribution in [-0.2, 0) is 11.2 Å². The number of H-pyrrole nitrogens is 1. The van der Waals surface area contributed by atoms with E-state index in [4.69, 9.17) is 0 Å². The third kappa shape index (κ3) is 3.48. The van der Waals surface area contributed by atoms with Gasteiger partial charge in [-0.1, -0.05) is 31.5 Å². The average molecular weight is 326 g/mol. The minimum Gasteiger partial charge on any atom is -0.325 e. The molecule has 6 nitrogen and oxygen atoms in total. The fourth-order valence-electron chi connectivity index (χ4n) is 3.05. The highest BCUT2D eigenvalue weighted by Gasteiger charge is 2.35. The largest absolute Gasteiger partial charge is 0.325 e. The lowest BCUT2D eigenvalue weighted by Gasteiger charge is -2.23. The fraction of sp³-hybridized carbons (Fsp3) is 0.389. The summed E-state index contributed by atoms with van der Waals surface area (Å²) in [6.07, 6.45) is 3.35. The molecule has 1 aliphatic heterocycles. The van der Waals surface area contributed by atoms with Gasteiger partial charge < -0.3 is 10.2 Å². The highest BCUT2D eigenvalue weighted by atomic mass is 16.2. The van der Waals surface area contributed by atoms with E-state index in [1.54, 1.807) is 11.0 Å². The summed E-state index contributed by atoms with van der Waals surface area (Å²) in [5, 5.41) is 9.89. The van der Waals surface area contributed by atoms with Crippen LogP contribution in [0.25, 0.3) is 0 Å². The number of aromatic amines is 1. The highest BCUT2D eigenvalue weighted by Crippen LogP contribution is 2.21. The second-order valence-electron chi connectivity index (χ2n) is 6.04. The minimum absolute atomic E-state index is 0.142. The Hall–Kier alpha value is -2.63. The van der Waals surface area contributed by atoms with Crippen LogP contribution in [0.1, 0.15) is 42.4 Å². The van der Waals surface area contributed by atoms with Crippen molar-refractivity contribution in [2.75, 3.05) is 11.9 Å². The van der Waals surface area contributed by atoms with Crippen molar-refractivity contribution < 1.29 is 9.59 Å². The third-order valence-corrected chi connectivity index (χ3v) is 4.23. The zero-order valence-corrected chi connectivity index (χ0v) is 13.8. The number of aryl methyl sites for hydroxylation is 1. The smallest absolute Gasteiger partial charge is 0.275 e. The molecule has 2 amide bonds. The molecule has 1 atom stereocenters. The summed E-state index contributed by atoms with van der Waals surface area (Å²) in [5.41, 5.74) is 2.08. The van der Waals surface area contributed by atoms with Crippen LogP contribution in [0.15, 0.2) is 36.4 Å². The number of anilines is 1. The van der Waals surface area contributed by atoms with Crippen molar-refractivity contribution in [1.29, 1.82) is 0 Å². The van der Waals surface area contributed by atoms with Crippen LogP contribution >= 0.6 is 0 Å². The van der Waals surface area contributed by atoms with Crippen LogP contribution in [0.4, 0.5) is 5.69 Å². The summed E-state index contributed by atoms with van der Waals surface area (Å²) in [6.45, 7) is 2.66. The van der Waals surface area contributed by atoms with Crippen LogP contribution in [0.5, 0.6) is 0 Å². The van der Waals surface area contributed by atoms with E-state index < -0.39 is 6.04 Å². The summed E-state index contributed by atoms with van der Waals surface area (Å²) in [5.74, 6) is -0.323. The predicted molar refractivity (Wildman–Crippen MR) is 91.7 cm³/mol. The molecule has 0 spiro atoms. The van der Waals surface area contributed by atoms with E-state index in [2.05, 4.69) is 22.4 Å². The Labute approximate surface area is 141 Å². The second kappa shape index (κ2) is 7.29. The predicted octanol–water partition coefficient (Wildman–Crippen LogP) is 2.61. The molecule has 1 saturated heterocycles. The number of nitrogens with zero attached hydrogens (tertiary/aromatic N) is 2. The van der Waals surface area contributed by atoms with Crippen molar-refractivity contribution in [3.63, 3.8) is 0 Å². The van der Waals surface area contributed by atoms with Crippen molar-refractivity contribution in [1.82, 2.24) is 15.1 Å². The van der Waals surface area contributed by atoms with Crippen LogP contribution in [0.3, 0.4) is 0 Å². The van der Waals surface area contributed by atoms with Crippen LogP contribution in [0, 0.1) is 0 Å². The zero-order chi connectivity index (χ0) is 16.9. The standard InChI is InChI=1S/C18H22N4O2/c1-2-7-14-12-15(21-20-14)18(24)22-11-6-10-16(22)17(23)19-13-8-4-3-5-9-13/h3-5,8-9,12,16H,2,6-7,10-11H2,1H3,(H,19,23)(H,20,21)/t16-/m1/s1. The quantitative estimate of drug-likeness (QED) is 0.886. The molecule has 0 aliphatic carbocycles. The molecule has 1 aromatic carbocycles. The maximum Gasteiger partial charge on any atom is 0.275 e. The number of hydrogen-bond donors (Lipinski definition) is 2. The van der Waals surface area contributed by atoms with Gasteiger partial charge in [-0.3, -0.25) is 14.7 Å². The van der Waals surface area contributed by atoms with Crippen molar-refractivity contribution >= 4 is 17.5 Å². The Bertz CT molecular complexity index is 711. The maximum absolute atomic E-state index is 12.7. The molecule has 0 bridgehead atoms. The Morgan fingerprint density at radius 2 is 2.12 bits per heavy atom. The van der Waals surface area contributed by atoms with Gasteiger partial charge in [0.25, 0.3) is 5.91 Å². The Morgan fingerprint density at radius 3 is 2.88 bits per heavy atom. The van der Waals surface area contributed by atoms with Crippen molar-refractivity contribution in [2.45, 2.75) is 38.6 Å². The number of benzene rings is 1. The van der Waals surface area contributed by atoms with Gasteiger partial charge in [0.05, 0.1) is 0 Å². The summed E-state index contributed by atoms with van der Waals surface area (Å²) >= 11 is 0. The lowest BCUT2D eigenvalue weighted by Crippen LogP contribution is -2.43. The molecule has 24 heavy (non-hydrogen) atoms. The number of aromatic nitrogens is 2. The topological polar surface area (TPSA) is 78.1 Å². The first kappa shape index (κ1) is 16.2. The van der Waals surface area contributed by atoms with Crippen LogP contribution in [-0.4, -0.2) is 39.5 Å². The molecule has 0 saturated carbocycles. The maximum atomic E-state index is 12.7. The monoisotopic (exact) mass is 326 g/mol. The van der Waals surface area contributed by atoms with E-state index in [0.717, 1.165) is 30.6 Å².